The van der Waals surface area contributed by atoms with Gasteiger partial charge in [-0.1, -0.05) is 6.42 Å². The zero-order chi connectivity index (χ0) is 7.40. The van der Waals surface area contributed by atoms with E-state index in [2.05, 4.69) is 22.4 Å². The molecule has 0 bridgehead atoms. The molecule has 1 amide bonds. The SMILES string of the molecule is O=C(CC1CCC1)N=C=S. The molecule has 1 rings (SSSR count). The van der Waals surface area contributed by atoms with Gasteiger partial charge < -0.3 is 0 Å². The smallest absolute Gasteiger partial charge is 0.254 e. The second-order valence-electron chi connectivity index (χ2n) is 2.60. The van der Waals surface area contributed by atoms with Crippen molar-refractivity contribution in [1.29, 1.82) is 0 Å². The van der Waals surface area contributed by atoms with Gasteiger partial charge in [0.2, 0.25) is 0 Å². The number of isothiocyanates is 1. The average molecular weight is 155 g/mol. The Morgan fingerprint density at radius 1 is 1.70 bits per heavy atom. The topological polar surface area (TPSA) is 29.4 Å². The van der Waals surface area contributed by atoms with Crippen molar-refractivity contribution in [2.45, 2.75) is 25.7 Å². The number of amides is 1. The molecule has 0 saturated heterocycles. The number of nitrogens with zero attached hydrogens (tertiary/aromatic N) is 1. The molecule has 1 saturated carbocycles. The standard InChI is InChI=1S/C7H9NOS/c9-7(8-5-10)4-6-2-1-3-6/h6H,1-4H2. The summed E-state index contributed by atoms with van der Waals surface area (Å²) in [5, 5.41) is 2.08. The highest BCUT2D eigenvalue weighted by Crippen LogP contribution is 2.29. The van der Waals surface area contributed by atoms with Crippen molar-refractivity contribution in [3.63, 3.8) is 0 Å². The highest BCUT2D eigenvalue weighted by atomic mass is 32.1. The zero-order valence-electron chi connectivity index (χ0n) is 5.67. The van der Waals surface area contributed by atoms with Gasteiger partial charge in [-0.15, -0.1) is 0 Å². The lowest BCUT2D eigenvalue weighted by Gasteiger charge is -2.22. The van der Waals surface area contributed by atoms with E-state index in [1.54, 1.807) is 0 Å². The molecular weight excluding hydrogens is 146 g/mol. The fourth-order valence-electron chi connectivity index (χ4n) is 1.04. The largest absolute Gasteiger partial charge is 0.272 e. The maximum atomic E-state index is 10.8. The van der Waals surface area contributed by atoms with Gasteiger partial charge in [0.15, 0.2) is 0 Å². The van der Waals surface area contributed by atoms with Gasteiger partial charge >= 0.3 is 0 Å². The van der Waals surface area contributed by atoms with Crippen LogP contribution in [-0.4, -0.2) is 11.1 Å². The molecular formula is C7H9NOS. The lowest BCUT2D eigenvalue weighted by Crippen LogP contribution is -2.14. The van der Waals surface area contributed by atoms with Crippen LogP contribution in [0.25, 0.3) is 0 Å². The maximum absolute atomic E-state index is 10.8. The van der Waals surface area contributed by atoms with Crippen LogP contribution >= 0.6 is 12.2 Å². The van der Waals surface area contributed by atoms with Crippen LogP contribution in [0.1, 0.15) is 25.7 Å². The Morgan fingerprint density at radius 2 is 2.40 bits per heavy atom. The van der Waals surface area contributed by atoms with Gasteiger partial charge in [0.1, 0.15) is 0 Å². The summed E-state index contributed by atoms with van der Waals surface area (Å²) in [4.78, 5) is 14.1. The van der Waals surface area contributed by atoms with Crippen molar-refractivity contribution in [2.75, 3.05) is 0 Å². The van der Waals surface area contributed by atoms with E-state index in [9.17, 15) is 4.79 Å². The fourth-order valence-corrected chi connectivity index (χ4v) is 1.14. The average Bonchev–Trinajstić information content (AvgIpc) is 1.80. The maximum Gasteiger partial charge on any atom is 0.254 e. The number of carbonyl (C=O) groups is 1. The summed E-state index contributed by atoms with van der Waals surface area (Å²) < 4.78 is 0. The summed E-state index contributed by atoms with van der Waals surface area (Å²) in [5.41, 5.74) is 0. The Balaban J connectivity index is 2.23. The predicted octanol–water partition coefficient (Wildman–Crippen LogP) is 1.81. The van der Waals surface area contributed by atoms with Gasteiger partial charge in [0, 0.05) is 6.42 Å². The molecule has 0 atom stereocenters. The van der Waals surface area contributed by atoms with Crippen LogP contribution in [0.2, 0.25) is 0 Å². The van der Waals surface area contributed by atoms with Crippen LogP contribution in [0.15, 0.2) is 4.99 Å². The molecule has 0 spiro atoms. The number of carbonyl (C=O) groups excluding carboxylic acids is 1. The van der Waals surface area contributed by atoms with E-state index >= 15 is 0 Å². The molecule has 0 heterocycles. The molecule has 2 nitrogen and oxygen atoms in total. The van der Waals surface area contributed by atoms with E-state index < -0.39 is 0 Å². The first kappa shape index (κ1) is 7.58. The van der Waals surface area contributed by atoms with Crippen LogP contribution in [-0.2, 0) is 4.79 Å². The summed E-state index contributed by atoms with van der Waals surface area (Å²) in [6, 6.07) is 0. The van der Waals surface area contributed by atoms with E-state index in [4.69, 9.17) is 0 Å². The highest BCUT2D eigenvalue weighted by molar-refractivity contribution is 7.78. The Labute approximate surface area is 65.3 Å². The molecule has 54 valence electrons. The third-order valence-electron chi connectivity index (χ3n) is 1.86. The van der Waals surface area contributed by atoms with E-state index in [0.29, 0.717) is 12.3 Å². The van der Waals surface area contributed by atoms with E-state index in [-0.39, 0.29) is 5.91 Å². The molecule has 0 aromatic heterocycles. The van der Waals surface area contributed by atoms with Crippen LogP contribution in [0.4, 0.5) is 0 Å². The first-order valence-electron chi connectivity index (χ1n) is 3.43. The van der Waals surface area contributed by atoms with Crippen LogP contribution < -0.4 is 0 Å². The molecule has 0 radical (unpaired) electrons. The lowest BCUT2D eigenvalue weighted by atomic mass is 9.83. The molecule has 1 fully saturated rings. The van der Waals surface area contributed by atoms with E-state index in [0.717, 1.165) is 0 Å². The number of hydrogen-bond acceptors (Lipinski definition) is 2. The van der Waals surface area contributed by atoms with Gasteiger partial charge in [-0.05, 0) is 31.0 Å². The van der Waals surface area contributed by atoms with Crippen molar-refractivity contribution < 1.29 is 4.79 Å². The Morgan fingerprint density at radius 3 is 2.80 bits per heavy atom. The number of rotatable bonds is 2. The molecule has 0 aliphatic heterocycles. The van der Waals surface area contributed by atoms with Crippen LogP contribution in [0, 0.1) is 5.92 Å². The summed E-state index contributed by atoms with van der Waals surface area (Å²) in [5.74, 6) is 0.472. The fraction of sp³-hybridized carbons (Fsp3) is 0.714. The van der Waals surface area contributed by atoms with Gasteiger partial charge in [0.05, 0.1) is 5.16 Å². The van der Waals surface area contributed by atoms with Crippen molar-refractivity contribution in [3.8, 4) is 0 Å². The summed E-state index contributed by atoms with van der Waals surface area (Å²) in [6.07, 6.45) is 4.19. The van der Waals surface area contributed by atoms with Crippen molar-refractivity contribution in [2.24, 2.45) is 10.9 Å². The third-order valence-corrected chi connectivity index (χ3v) is 1.95. The molecule has 0 aromatic carbocycles. The summed E-state index contributed by atoms with van der Waals surface area (Å²) in [7, 11) is 0. The molecule has 0 aromatic rings. The molecule has 10 heavy (non-hydrogen) atoms. The summed E-state index contributed by atoms with van der Waals surface area (Å²) >= 11 is 4.30. The van der Waals surface area contributed by atoms with Crippen LogP contribution in [0.3, 0.4) is 0 Å². The minimum Gasteiger partial charge on any atom is -0.272 e. The molecule has 1 aliphatic carbocycles. The lowest BCUT2D eigenvalue weighted by molar-refractivity contribution is -0.119. The monoisotopic (exact) mass is 155 g/mol. The number of aliphatic imine (C=N–C) groups is 1. The third kappa shape index (κ3) is 2.01. The van der Waals surface area contributed by atoms with Crippen molar-refractivity contribution >= 4 is 23.3 Å². The Kier molecular flexibility index (Phi) is 2.72. The minimum atomic E-state index is -0.111. The van der Waals surface area contributed by atoms with Gasteiger partial charge in [-0.25, -0.2) is 0 Å². The van der Waals surface area contributed by atoms with Crippen molar-refractivity contribution in [1.82, 2.24) is 0 Å². The molecule has 0 N–H and O–H groups in total. The van der Waals surface area contributed by atoms with Crippen LogP contribution in [0.5, 0.6) is 0 Å². The first-order valence-corrected chi connectivity index (χ1v) is 3.84. The molecule has 1 aliphatic rings. The van der Waals surface area contributed by atoms with E-state index in [1.165, 1.54) is 19.3 Å². The highest BCUT2D eigenvalue weighted by Gasteiger charge is 2.19. The van der Waals surface area contributed by atoms with Gasteiger partial charge in [-0.2, -0.15) is 4.99 Å². The second kappa shape index (κ2) is 3.59. The molecule has 3 heteroatoms. The number of hydrogen-bond donors (Lipinski definition) is 0. The van der Waals surface area contributed by atoms with Crippen molar-refractivity contribution in [3.05, 3.63) is 0 Å². The Bertz CT molecular complexity index is 180. The minimum absolute atomic E-state index is 0.111. The normalized spacial score (nSPS) is 17.2. The zero-order valence-corrected chi connectivity index (χ0v) is 6.49. The molecule has 0 unspecified atom stereocenters. The van der Waals surface area contributed by atoms with Gasteiger partial charge in [0.25, 0.3) is 5.91 Å². The quantitative estimate of drug-likeness (QED) is 0.449. The number of thiocarbonyl (C=S) groups is 1. The van der Waals surface area contributed by atoms with Gasteiger partial charge in [-0.3, -0.25) is 4.79 Å². The predicted molar refractivity (Wildman–Crippen MR) is 42.0 cm³/mol. The first-order chi connectivity index (χ1) is 4.83. The second-order valence-corrected chi connectivity index (χ2v) is 2.78. The Hall–Kier alpha value is -0.530. The van der Waals surface area contributed by atoms with E-state index in [1.807, 2.05) is 0 Å². The summed E-state index contributed by atoms with van der Waals surface area (Å²) in [6.45, 7) is 0.